The lowest BCUT2D eigenvalue weighted by atomic mass is 10.3. The summed E-state index contributed by atoms with van der Waals surface area (Å²) in [4.78, 5) is 1.21. The molecule has 0 saturated heterocycles. The maximum Gasteiger partial charge on any atom is 0.134 e. The van der Waals surface area contributed by atoms with Crippen molar-refractivity contribution in [2.45, 2.75) is 6.61 Å². The lowest BCUT2D eigenvalue weighted by molar-refractivity contribution is 0.308. The van der Waals surface area contributed by atoms with Crippen molar-refractivity contribution in [1.29, 1.82) is 0 Å². The van der Waals surface area contributed by atoms with Crippen molar-refractivity contribution in [2.75, 3.05) is 0 Å². The number of hydrogen-bond acceptors (Lipinski definition) is 2. The SMILES string of the molecule is Brc1ccc(COc2ccccc2Br)s1. The molecule has 0 bridgehead atoms. The van der Waals surface area contributed by atoms with Gasteiger partial charge in [-0.2, -0.15) is 0 Å². The molecule has 0 N–H and O–H groups in total. The number of hydrogen-bond donors (Lipinski definition) is 0. The fraction of sp³-hybridized carbons (Fsp3) is 0.0909. The third-order valence-electron chi connectivity index (χ3n) is 1.84. The lowest BCUT2D eigenvalue weighted by Gasteiger charge is -2.05. The van der Waals surface area contributed by atoms with E-state index in [2.05, 4.69) is 37.9 Å². The molecule has 0 unspecified atom stereocenters. The standard InChI is InChI=1S/C11H8Br2OS/c12-9-3-1-2-4-10(9)14-7-8-5-6-11(13)15-8/h1-6H,7H2. The molecule has 0 aliphatic rings. The number of thiophene rings is 1. The zero-order valence-electron chi connectivity index (χ0n) is 7.74. The van der Waals surface area contributed by atoms with Crippen LogP contribution in [0.5, 0.6) is 5.75 Å². The molecular weight excluding hydrogens is 340 g/mol. The van der Waals surface area contributed by atoms with Gasteiger partial charge in [0.2, 0.25) is 0 Å². The van der Waals surface area contributed by atoms with E-state index in [1.54, 1.807) is 11.3 Å². The zero-order chi connectivity index (χ0) is 10.7. The fourth-order valence-corrected chi connectivity index (χ4v) is 2.94. The molecular formula is C11H8Br2OS. The third kappa shape index (κ3) is 3.06. The molecule has 0 fully saturated rings. The molecule has 1 aromatic carbocycles. The average molecular weight is 348 g/mol. The van der Waals surface area contributed by atoms with E-state index in [1.807, 2.05) is 30.3 Å². The quantitative estimate of drug-likeness (QED) is 0.771. The van der Waals surface area contributed by atoms with Gasteiger partial charge < -0.3 is 4.74 Å². The molecule has 1 nitrogen and oxygen atoms in total. The molecule has 0 atom stereocenters. The first-order valence-electron chi connectivity index (χ1n) is 4.37. The Labute approximate surface area is 109 Å². The summed E-state index contributed by atoms with van der Waals surface area (Å²) in [7, 11) is 0. The van der Waals surface area contributed by atoms with E-state index in [0.29, 0.717) is 6.61 Å². The summed E-state index contributed by atoms with van der Waals surface area (Å²) in [5.74, 6) is 0.877. The van der Waals surface area contributed by atoms with Crippen molar-refractivity contribution >= 4 is 43.2 Å². The molecule has 15 heavy (non-hydrogen) atoms. The fourth-order valence-electron chi connectivity index (χ4n) is 1.14. The Balaban J connectivity index is 2.02. The summed E-state index contributed by atoms with van der Waals surface area (Å²) in [6.07, 6.45) is 0. The second-order valence-corrected chi connectivity index (χ2v) is 6.33. The van der Waals surface area contributed by atoms with E-state index < -0.39 is 0 Å². The zero-order valence-corrected chi connectivity index (χ0v) is 11.7. The Morgan fingerprint density at radius 1 is 1.07 bits per heavy atom. The predicted octanol–water partition coefficient (Wildman–Crippen LogP) is 4.85. The van der Waals surface area contributed by atoms with Gasteiger partial charge >= 0.3 is 0 Å². The highest BCUT2D eigenvalue weighted by Gasteiger charge is 2.01. The van der Waals surface area contributed by atoms with Crippen LogP contribution in [0.1, 0.15) is 4.88 Å². The van der Waals surface area contributed by atoms with E-state index in [1.165, 1.54) is 4.88 Å². The van der Waals surface area contributed by atoms with Gasteiger partial charge in [-0.05, 0) is 56.1 Å². The van der Waals surface area contributed by atoms with Crippen LogP contribution in [0.3, 0.4) is 0 Å². The molecule has 1 heterocycles. The molecule has 1 aromatic heterocycles. The van der Waals surface area contributed by atoms with Crippen LogP contribution in [0, 0.1) is 0 Å². The molecule has 0 radical (unpaired) electrons. The van der Waals surface area contributed by atoms with Crippen molar-refractivity contribution in [2.24, 2.45) is 0 Å². The van der Waals surface area contributed by atoms with Crippen LogP contribution in [0.4, 0.5) is 0 Å². The molecule has 0 aliphatic carbocycles. The maximum atomic E-state index is 5.68. The van der Waals surface area contributed by atoms with Crippen LogP contribution in [-0.2, 0) is 6.61 Å². The van der Waals surface area contributed by atoms with Gasteiger partial charge in [0.1, 0.15) is 12.4 Å². The van der Waals surface area contributed by atoms with Crippen molar-refractivity contribution < 1.29 is 4.74 Å². The van der Waals surface area contributed by atoms with E-state index >= 15 is 0 Å². The summed E-state index contributed by atoms with van der Waals surface area (Å²) in [6, 6.07) is 11.9. The second-order valence-electron chi connectivity index (χ2n) is 2.92. The van der Waals surface area contributed by atoms with Crippen LogP contribution >= 0.6 is 43.2 Å². The Morgan fingerprint density at radius 2 is 1.87 bits per heavy atom. The first kappa shape index (κ1) is 11.2. The first-order valence-corrected chi connectivity index (χ1v) is 6.77. The van der Waals surface area contributed by atoms with Crippen LogP contribution in [0.25, 0.3) is 0 Å². The number of rotatable bonds is 3. The van der Waals surface area contributed by atoms with Gasteiger partial charge in [-0.3, -0.25) is 0 Å². The summed E-state index contributed by atoms with van der Waals surface area (Å²) in [5, 5.41) is 0. The lowest BCUT2D eigenvalue weighted by Crippen LogP contribution is -1.92. The molecule has 0 saturated carbocycles. The van der Waals surface area contributed by atoms with Crippen LogP contribution in [0.15, 0.2) is 44.7 Å². The van der Waals surface area contributed by atoms with Gasteiger partial charge in [-0.25, -0.2) is 0 Å². The van der Waals surface area contributed by atoms with Gasteiger partial charge in [0, 0.05) is 4.88 Å². The highest BCUT2D eigenvalue weighted by molar-refractivity contribution is 9.11. The minimum Gasteiger partial charge on any atom is -0.487 e. The Morgan fingerprint density at radius 3 is 2.53 bits per heavy atom. The maximum absolute atomic E-state index is 5.68. The number of benzene rings is 1. The molecule has 78 valence electrons. The smallest absolute Gasteiger partial charge is 0.134 e. The Bertz CT molecular complexity index is 453. The van der Waals surface area contributed by atoms with E-state index in [4.69, 9.17) is 4.74 Å². The van der Waals surface area contributed by atoms with Crippen molar-refractivity contribution in [3.63, 3.8) is 0 Å². The Kier molecular flexibility index (Phi) is 3.83. The monoisotopic (exact) mass is 346 g/mol. The van der Waals surface area contributed by atoms with Crippen molar-refractivity contribution in [3.05, 3.63) is 49.5 Å². The van der Waals surface area contributed by atoms with Crippen LogP contribution in [-0.4, -0.2) is 0 Å². The minimum atomic E-state index is 0.610. The number of halogens is 2. The topological polar surface area (TPSA) is 9.23 Å². The summed E-state index contributed by atoms with van der Waals surface area (Å²) in [6.45, 7) is 0.610. The van der Waals surface area contributed by atoms with Gasteiger partial charge in [0.15, 0.2) is 0 Å². The summed E-state index contributed by atoms with van der Waals surface area (Å²) in [5.41, 5.74) is 0. The van der Waals surface area contributed by atoms with Crippen LogP contribution < -0.4 is 4.74 Å². The minimum absolute atomic E-state index is 0.610. The van der Waals surface area contributed by atoms with Crippen molar-refractivity contribution in [1.82, 2.24) is 0 Å². The second kappa shape index (κ2) is 5.14. The normalized spacial score (nSPS) is 10.3. The van der Waals surface area contributed by atoms with Crippen LogP contribution in [0.2, 0.25) is 0 Å². The largest absolute Gasteiger partial charge is 0.487 e. The van der Waals surface area contributed by atoms with Gasteiger partial charge in [0.25, 0.3) is 0 Å². The third-order valence-corrected chi connectivity index (χ3v) is 4.09. The number of ether oxygens (including phenoxy) is 1. The molecule has 2 rings (SSSR count). The summed E-state index contributed by atoms with van der Waals surface area (Å²) >= 11 is 8.56. The van der Waals surface area contributed by atoms with E-state index in [0.717, 1.165) is 14.0 Å². The molecule has 2 aromatic rings. The molecule has 4 heteroatoms. The average Bonchev–Trinajstić information content (AvgIpc) is 2.63. The van der Waals surface area contributed by atoms with Gasteiger partial charge in [-0.15, -0.1) is 11.3 Å². The Hall–Kier alpha value is -0.320. The molecule has 0 aliphatic heterocycles. The highest BCUT2D eigenvalue weighted by Crippen LogP contribution is 2.27. The van der Waals surface area contributed by atoms with Crippen molar-refractivity contribution in [3.8, 4) is 5.75 Å². The van der Waals surface area contributed by atoms with Gasteiger partial charge in [0.05, 0.1) is 8.26 Å². The summed E-state index contributed by atoms with van der Waals surface area (Å²) < 4.78 is 7.80. The highest BCUT2D eigenvalue weighted by atomic mass is 79.9. The molecule has 0 amide bonds. The van der Waals surface area contributed by atoms with Gasteiger partial charge in [-0.1, -0.05) is 12.1 Å². The first-order chi connectivity index (χ1) is 7.25. The molecule has 0 spiro atoms. The van der Waals surface area contributed by atoms with E-state index in [-0.39, 0.29) is 0 Å². The number of para-hydroxylation sites is 1. The van der Waals surface area contributed by atoms with E-state index in [9.17, 15) is 0 Å². The predicted molar refractivity (Wildman–Crippen MR) is 70.5 cm³/mol.